The number of carbonyl (C=O) groups is 1. The third-order valence-electron chi connectivity index (χ3n) is 5.52. The molecule has 26 heavy (non-hydrogen) atoms. The quantitative estimate of drug-likeness (QED) is 0.737. The van der Waals surface area contributed by atoms with Crippen LogP contribution in [0.4, 0.5) is 15.8 Å². The highest BCUT2D eigenvalue weighted by Gasteiger charge is 2.41. The van der Waals surface area contributed by atoms with Gasteiger partial charge in [-0.1, -0.05) is 24.3 Å². The molecule has 0 saturated carbocycles. The van der Waals surface area contributed by atoms with E-state index < -0.39 is 5.82 Å². The van der Waals surface area contributed by atoms with Crippen LogP contribution >= 0.6 is 24.8 Å². The van der Waals surface area contributed by atoms with Crippen LogP contribution in [0, 0.1) is 5.82 Å². The highest BCUT2D eigenvalue weighted by Crippen LogP contribution is 2.44. The molecule has 0 aliphatic carbocycles. The number of ketones is 1. The second-order valence-electron chi connectivity index (χ2n) is 6.86. The number of hydrogen-bond donors (Lipinski definition) is 1. The van der Waals surface area contributed by atoms with Crippen LogP contribution < -0.4 is 10.2 Å². The summed E-state index contributed by atoms with van der Waals surface area (Å²) in [5, 5.41) is 3.52. The van der Waals surface area contributed by atoms with Gasteiger partial charge >= 0.3 is 0 Å². The van der Waals surface area contributed by atoms with Crippen molar-refractivity contribution < 1.29 is 9.18 Å². The summed E-state index contributed by atoms with van der Waals surface area (Å²) in [6.07, 6.45) is 2.01. The number of nitrogens with zero attached hydrogens (tertiary/aromatic N) is 1. The van der Waals surface area contributed by atoms with E-state index in [0.29, 0.717) is 0 Å². The van der Waals surface area contributed by atoms with Crippen molar-refractivity contribution in [2.24, 2.45) is 0 Å². The van der Waals surface area contributed by atoms with Crippen molar-refractivity contribution in [1.29, 1.82) is 0 Å². The summed E-state index contributed by atoms with van der Waals surface area (Å²) < 4.78 is 14.1. The predicted molar refractivity (Wildman–Crippen MR) is 109 cm³/mol. The maximum atomic E-state index is 14.1. The summed E-state index contributed by atoms with van der Waals surface area (Å²) in [5.41, 5.74) is 3.75. The lowest BCUT2D eigenvalue weighted by molar-refractivity contribution is 0.101. The van der Waals surface area contributed by atoms with E-state index in [1.807, 2.05) is 6.07 Å². The molecule has 6 heteroatoms. The van der Waals surface area contributed by atoms with Crippen LogP contribution in [0.15, 0.2) is 42.5 Å². The molecule has 1 N–H and O–H groups in total. The Bertz CT molecular complexity index is 804. The molecule has 2 aliphatic heterocycles. The van der Waals surface area contributed by atoms with E-state index in [-0.39, 0.29) is 41.6 Å². The van der Waals surface area contributed by atoms with Gasteiger partial charge in [0.1, 0.15) is 5.82 Å². The number of rotatable bonds is 2. The average molecular weight is 397 g/mol. The third-order valence-corrected chi connectivity index (χ3v) is 5.52. The Morgan fingerprint density at radius 1 is 1.08 bits per heavy atom. The molecule has 2 aromatic carbocycles. The van der Waals surface area contributed by atoms with Gasteiger partial charge < -0.3 is 10.2 Å². The van der Waals surface area contributed by atoms with Gasteiger partial charge in [0.25, 0.3) is 0 Å². The Kier molecular flexibility index (Phi) is 6.20. The highest BCUT2D eigenvalue weighted by atomic mass is 35.5. The molecular formula is C20H23Cl2FN2O. The molecule has 140 valence electrons. The lowest BCUT2D eigenvalue weighted by atomic mass is 9.74. The molecular weight excluding hydrogens is 374 g/mol. The zero-order valence-corrected chi connectivity index (χ0v) is 16.3. The first-order valence-electron chi connectivity index (χ1n) is 8.48. The second-order valence-corrected chi connectivity index (χ2v) is 6.86. The predicted octanol–water partition coefficient (Wildman–Crippen LogP) is 4.84. The van der Waals surface area contributed by atoms with Gasteiger partial charge in [-0.3, -0.25) is 4.79 Å². The van der Waals surface area contributed by atoms with Crippen LogP contribution in [0.1, 0.15) is 35.7 Å². The van der Waals surface area contributed by atoms with Gasteiger partial charge in [0.2, 0.25) is 0 Å². The second kappa shape index (κ2) is 7.85. The number of para-hydroxylation sites is 1. The molecule has 0 radical (unpaired) electrons. The van der Waals surface area contributed by atoms with Crippen molar-refractivity contribution in [3.63, 3.8) is 0 Å². The minimum absolute atomic E-state index is 0. The molecule has 1 fully saturated rings. The monoisotopic (exact) mass is 396 g/mol. The van der Waals surface area contributed by atoms with Crippen molar-refractivity contribution in [2.45, 2.75) is 25.2 Å². The standard InChI is InChI=1S/C20H21FN2O.2ClH/c1-14(24)19-16(21)6-4-8-18(19)23-11-9-20(10-12-23)13-22-17-7-3-2-5-15(17)20;;/h2-8,22H,9-13H2,1H3;2*1H. The summed E-state index contributed by atoms with van der Waals surface area (Å²) in [5.74, 6) is -0.635. The van der Waals surface area contributed by atoms with Crippen molar-refractivity contribution in [2.75, 3.05) is 29.9 Å². The molecule has 1 spiro atoms. The zero-order valence-electron chi connectivity index (χ0n) is 14.6. The smallest absolute Gasteiger partial charge is 0.164 e. The highest BCUT2D eigenvalue weighted by molar-refractivity contribution is 6.00. The summed E-state index contributed by atoms with van der Waals surface area (Å²) in [6.45, 7) is 4.06. The number of anilines is 2. The van der Waals surface area contributed by atoms with Crippen molar-refractivity contribution in [3.8, 4) is 0 Å². The lowest BCUT2D eigenvalue weighted by Crippen LogP contribution is -2.44. The van der Waals surface area contributed by atoms with Gasteiger partial charge in [-0.15, -0.1) is 24.8 Å². The van der Waals surface area contributed by atoms with Crippen molar-refractivity contribution in [3.05, 3.63) is 59.4 Å². The SMILES string of the molecule is CC(=O)c1c(F)cccc1N1CCC2(CC1)CNc1ccccc12.Cl.Cl. The summed E-state index contributed by atoms with van der Waals surface area (Å²) in [7, 11) is 0. The van der Waals surface area contributed by atoms with Crippen LogP contribution in [0.2, 0.25) is 0 Å². The third kappa shape index (κ3) is 3.28. The largest absolute Gasteiger partial charge is 0.384 e. The normalized spacial score (nSPS) is 16.9. The van der Waals surface area contributed by atoms with Crippen LogP contribution in [0.5, 0.6) is 0 Å². The van der Waals surface area contributed by atoms with Crippen LogP contribution in [-0.4, -0.2) is 25.4 Å². The van der Waals surface area contributed by atoms with E-state index in [1.54, 1.807) is 6.07 Å². The van der Waals surface area contributed by atoms with E-state index in [0.717, 1.165) is 38.2 Å². The van der Waals surface area contributed by atoms with E-state index in [4.69, 9.17) is 0 Å². The zero-order chi connectivity index (χ0) is 16.7. The number of fused-ring (bicyclic) bond motifs is 2. The first kappa shape index (κ1) is 20.5. The molecule has 0 aromatic heterocycles. The summed E-state index contributed by atoms with van der Waals surface area (Å²) >= 11 is 0. The fourth-order valence-corrected chi connectivity index (χ4v) is 4.21. The van der Waals surface area contributed by atoms with Crippen molar-refractivity contribution in [1.82, 2.24) is 0 Å². The number of piperidine rings is 1. The number of carbonyl (C=O) groups excluding carboxylic acids is 1. The first-order chi connectivity index (χ1) is 11.6. The molecule has 0 unspecified atom stereocenters. The number of Topliss-reactive ketones (excluding diaryl/α,β-unsaturated/α-hetero) is 1. The van der Waals surface area contributed by atoms with E-state index >= 15 is 0 Å². The minimum atomic E-state index is -0.423. The molecule has 2 aromatic rings. The van der Waals surface area contributed by atoms with Crippen molar-refractivity contribution >= 4 is 42.0 Å². The van der Waals surface area contributed by atoms with Crippen LogP contribution in [0.25, 0.3) is 0 Å². The van der Waals surface area contributed by atoms with Gasteiger partial charge in [0.15, 0.2) is 5.78 Å². The molecule has 4 rings (SSSR count). The average Bonchev–Trinajstić information content (AvgIpc) is 2.94. The number of halogens is 3. The fraction of sp³-hybridized carbons (Fsp3) is 0.350. The van der Waals surface area contributed by atoms with E-state index in [1.165, 1.54) is 24.2 Å². The number of nitrogens with one attached hydrogen (secondary N) is 1. The minimum Gasteiger partial charge on any atom is -0.384 e. The van der Waals surface area contributed by atoms with Gasteiger partial charge in [0, 0.05) is 30.7 Å². The molecule has 2 heterocycles. The topological polar surface area (TPSA) is 32.3 Å². The number of benzene rings is 2. The molecule has 0 amide bonds. The number of hydrogen-bond acceptors (Lipinski definition) is 3. The van der Waals surface area contributed by atoms with Crippen LogP contribution in [0.3, 0.4) is 0 Å². The van der Waals surface area contributed by atoms with Gasteiger partial charge in [-0.2, -0.15) is 0 Å². The maximum Gasteiger partial charge on any atom is 0.164 e. The van der Waals surface area contributed by atoms with Gasteiger partial charge in [0.05, 0.1) is 11.3 Å². The first-order valence-corrected chi connectivity index (χ1v) is 8.48. The molecule has 2 aliphatic rings. The lowest BCUT2D eigenvalue weighted by Gasteiger charge is -2.41. The molecule has 0 bridgehead atoms. The maximum absolute atomic E-state index is 14.1. The molecule has 3 nitrogen and oxygen atoms in total. The summed E-state index contributed by atoms with van der Waals surface area (Å²) in [4.78, 5) is 14.0. The Morgan fingerprint density at radius 3 is 2.46 bits per heavy atom. The fourth-order valence-electron chi connectivity index (χ4n) is 4.21. The van der Waals surface area contributed by atoms with E-state index in [2.05, 4.69) is 34.5 Å². The Balaban J connectivity index is 0.00000121. The van der Waals surface area contributed by atoms with E-state index in [9.17, 15) is 9.18 Å². The Morgan fingerprint density at radius 2 is 1.77 bits per heavy atom. The Labute approximate surface area is 165 Å². The Hall–Kier alpha value is -1.78. The van der Waals surface area contributed by atoms with Gasteiger partial charge in [-0.25, -0.2) is 4.39 Å². The molecule has 0 atom stereocenters. The van der Waals surface area contributed by atoms with Gasteiger partial charge in [-0.05, 0) is 43.5 Å². The van der Waals surface area contributed by atoms with Crippen LogP contribution in [-0.2, 0) is 5.41 Å². The molecule has 1 saturated heterocycles. The summed E-state index contributed by atoms with van der Waals surface area (Å²) in [6, 6.07) is 13.4.